The molecule has 0 atom stereocenters. The summed E-state index contributed by atoms with van der Waals surface area (Å²) in [4.78, 5) is 12.1. The van der Waals surface area contributed by atoms with Crippen LogP contribution in [-0.4, -0.2) is 33.0 Å². The van der Waals surface area contributed by atoms with Crippen LogP contribution in [0.5, 0.6) is 0 Å². The number of rotatable bonds is 5. The summed E-state index contributed by atoms with van der Waals surface area (Å²) < 4.78 is 22.6. The lowest BCUT2D eigenvalue weighted by atomic mass is 10.1. The Hall–Kier alpha value is -1.07. The topological polar surface area (TPSA) is 63.2 Å². The summed E-state index contributed by atoms with van der Waals surface area (Å²) >= 11 is 5.84. The molecule has 1 saturated carbocycles. The summed E-state index contributed by atoms with van der Waals surface area (Å²) in [5.41, 5.74) is 0.530. The van der Waals surface area contributed by atoms with E-state index in [4.69, 9.17) is 11.6 Å². The van der Waals surface area contributed by atoms with E-state index in [2.05, 4.69) is 5.32 Å². The third-order valence-electron chi connectivity index (χ3n) is 3.41. The lowest BCUT2D eigenvalue weighted by Gasteiger charge is -2.12. The van der Waals surface area contributed by atoms with Crippen LogP contribution in [0.25, 0.3) is 0 Å². The molecule has 104 valence electrons. The highest BCUT2D eigenvalue weighted by Crippen LogP contribution is 2.45. The molecular formula is C13H16ClNO3S. The zero-order valence-corrected chi connectivity index (χ0v) is 12.2. The van der Waals surface area contributed by atoms with Crippen LogP contribution in [0.15, 0.2) is 29.2 Å². The molecule has 0 unspecified atom stereocenters. The van der Waals surface area contributed by atoms with E-state index in [0.29, 0.717) is 18.0 Å². The van der Waals surface area contributed by atoms with Crippen molar-refractivity contribution in [3.8, 4) is 0 Å². The van der Waals surface area contributed by atoms with Crippen molar-refractivity contribution in [2.75, 3.05) is 18.7 Å². The van der Waals surface area contributed by atoms with E-state index in [0.717, 1.165) is 19.1 Å². The van der Waals surface area contributed by atoms with E-state index in [-0.39, 0.29) is 16.2 Å². The van der Waals surface area contributed by atoms with Crippen LogP contribution in [0.3, 0.4) is 0 Å². The van der Waals surface area contributed by atoms with E-state index >= 15 is 0 Å². The molecule has 0 spiro atoms. The highest BCUT2D eigenvalue weighted by Gasteiger charge is 2.41. The van der Waals surface area contributed by atoms with Crippen molar-refractivity contribution in [3.63, 3.8) is 0 Å². The van der Waals surface area contributed by atoms with Crippen LogP contribution in [-0.2, 0) is 9.84 Å². The fourth-order valence-corrected chi connectivity index (χ4v) is 2.75. The Morgan fingerprint density at radius 3 is 2.32 bits per heavy atom. The van der Waals surface area contributed by atoms with Crippen LogP contribution >= 0.6 is 11.6 Å². The molecule has 1 N–H and O–H groups in total. The van der Waals surface area contributed by atoms with Gasteiger partial charge in [0.05, 0.1) is 4.90 Å². The number of sulfone groups is 1. The lowest BCUT2D eigenvalue weighted by Crippen LogP contribution is -2.30. The fraction of sp³-hybridized carbons (Fsp3) is 0.462. The molecular weight excluding hydrogens is 286 g/mol. The molecule has 2 rings (SSSR count). The van der Waals surface area contributed by atoms with Crippen LogP contribution < -0.4 is 5.32 Å². The summed E-state index contributed by atoms with van der Waals surface area (Å²) in [6, 6.07) is 5.93. The Bertz CT molecular complexity index is 576. The molecule has 0 aromatic heterocycles. The summed E-state index contributed by atoms with van der Waals surface area (Å²) in [5, 5.41) is 2.84. The standard InChI is InChI=1S/C13H16ClNO3S/c1-19(17,18)11-4-2-10(3-5-11)12(16)15-9-13(8-14)6-7-13/h2-5H,6-9H2,1H3,(H,15,16). The Balaban J connectivity index is 2.00. The minimum atomic E-state index is -3.22. The van der Waals surface area contributed by atoms with Gasteiger partial charge in [0.25, 0.3) is 5.91 Å². The second kappa shape index (κ2) is 5.13. The molecule has 1 aromatic rings. The molecule has 0 heterocycles. The number of benzene rings is 1. The summed E-state index contributed by atoms with van der Waals surface area (Å²) in [6.07, 6.45) is 3.23. The number of halogens is 1. The number of hydrogen-bond donors (Lipinski definition) is 1. The normalized spacial score (nSPS) is 16.9. The Morgan fingerprint density at radius 1 is 1.32 bits per heavy atom. The molecule has 0 aliphatic heterocycles. The predicted octanol–water partition coefficient (Wildman–Crippen LogP) is 1.84. The van der Waals surface area contributed by atoms with Gasteiger partial charge in [0, 0.05) is 29.7 Å². The average Bonchev–Trinajstić information content (AvgIpc) is 3.16. The molecule has 1 fully saturated rings. The monoisotopic (exact) mass is 301 g/mol. The Morgan fingerprint density at radius 2 is 1.89 bits per heavy atom. The van der Waals surface area contributed by atoms with E-state index in [1.165, 1.54) is 24.3 Å². The second-order valence-corrected chi connectivity index (χ2v) is 7.40. The van der Waals surface area contributed by atoms with Crippen molar-refractivity contribution in [2.45, 2.75) is 17.7 Å². The molecule has 1 aliphatic carbocycles. The number of alkyl halides is 1. The van der Waals surface area contributed by atoms with E-state index < -0.39 is 9.84 Å². The maximum atomic E-state index is 11.9. The third kappa shape index (κ3) is 3.48. The van der Waals surface area contributed by atoms with Gasteiger partial charge in [0.1, 0.15) is 0 Å². The predicted molar refractivity (Wildman–Crippen MR) is 74.3 cm³/mol. The molecule has 4 nitrogen and oxygen atoms in total. The van der Waals surface area contributed by atoms with Crippen LogP contribution in [0.2, 0.25) is 0 Å². The van der Waals surface area contributed by atoms with Gasteiger partial charge in [-0.1, -0.05) is 0 Å². The van der Waals surface area contributed by atoms with Gasteiger partial charge < -0.3 is 5.32 Å². The maximum absolute atomic E-state index is 11.9. The largest absolute Gasteiger partial charge is 0.351 e. The molecule has 0 bridgehead atoms. The van der Waals surface area contributed by atoms with Gasteiger partial charge in [0.2, 0.25) is 0 Å². The van der Waals surface area contributed by atoms with Gasteiger partial charge in [-0.3, -0.25) is 4.79 Å². The molecule has 6 heteroatoms. The van der Waals surface area contributed by atoms with Crippen molar-refractivity contribution >= 4 is 27.3 Å². The Kier molecular flexibility index (Phi) is 3.87. The number of carbonyl (C=O) groups excluding carboxylic acids is 1. The van der Waals surface area contributed by atoms with Gasteiger partial charge >= 0.3 is 0 Å². The van der Waals surface area contributed by atoms with E-state index in [1.807, 2.05) is 0 Å². The summed E-state index contributed by atoms with van der Waals surface area (Å²) in [7, 11) is -3.22. The van der Waals surface area contributed by atoms with Crippen molar-refractivity contribution < 1.29 is 13.2 Å². The maximum Gasteiger partial charge on any atom is 0.251 e. The first kappa shape index (κ1) is 14.3. The van der Waals surface area contributed by atoms with Crippen LogP contribution in [0.4, 0.5) is 0 Å². The van der Waals surface area contributed by atoms with Gasteiger partial charge in [0.15, 0.2) is 9.84 Å². The summed E-state index contributed by atoms with van der Waals surface area (Å²) in [5.74, 6) is 0.358. The number of nitrogens with one attached hydrogen (secondary N) is 1. The molecule has 1 aromatic carbocycles. The average molecular weight is 302 g/mol. The minimum Gasteiger partial charge on any atom is -0.351 e. The molecule has 19 heavy (non-hydrogen) atoms. The van der Waals surface area contributed by atoms with Crippen LogP contribution in [0.1, 0.15) is 23.2 Å². The highest BCUT2D eigenvalue weighted by molar-refractivity contribution is 7.90. The third-order valence-corrected chi connectivity index (χ3v) is 5.10. The van der Waals surface area contributed by atoms with E-state index in [9.17, 15) is 13.2 Å². The molecule has 1 aliphatic rings. The minimum absolute atomic E-state index is 0.0733. The molecule has 1 amide bonds. The number of carbonyl (C=O) groups is 1. The zero-order valence-electron chi connectivity index (χ0n) is 10.6. The van der Waals surface area contributed by atoms with Gasteiger partial charge in [-0.15, -0.1) is 11.6 Å². The molecule has 0 radical (unpaired) electrons. The summed E-state index contributed by atoms with van der Waals surface area (Å²) in [6.45, 7) is 0.573. The van der Waals surface area contributed by atoms with Crippen molar-refractivity contribution in [1.29, 1.82) is 0 Å². The lowest BCUT2D eigenvalue weighted by molar-refractivity contribution is 0.0946. The van der Waals surface area contributed by atoms with Gasteiger partial charge in [-0.25, -0.2) is 8.42 Å². The van der Waals surface area contributed by atoms with E-state index in [1.54, 1.807) is 0 Å². The second-order valence-electron chi connectivity index (χ2n) is 5.11. The first-order valence-corrected chi connectivity index (χ1v) is 8.43. The fourth-order valence-electron chi connectivity index (χ4n) is 1.76. The first-order valence-electron chi connectivity index (χ1n) is 6.01. The molecule has 0 saturated heterocycles. The van der Waals surface area contributed by atoms with Gasteiger partial charge in [-0.05, 0) is 37.1 Å². The number of amides is 1. The first-order chi connectivity index (χ1) is 8.86. The van der Waals surface area contributed by atoms with Crippen molar-refractivity contribution in [3.05, 3.63) is 29.8 Å². The number of hydrogen-bond acceptors (Lipinski definition) is 3. The SMILES string of the molecule is CS(=O)(=O)c1ccc(C(=O)NCC2(CCl)CC2)cc1. The van der Waals surface area contributed by atoms with Crippen molar-refractivity contribution in [1.82, 2.24) is 5.32 Å². The zero-order chi connectivity index (χ0) is 14.1. The quantitative estimate of drug-likeness (QED) is 0.844. The van der Waals surface area contributed by atoms with Crippen molar-refractivity contribution in [2.24, 2.45) is 5.41 Å². The highest BCUT2D eigenvalue weighted by atomic mass is 35.5. The smallest absolute Gasteiger partial charge is 0.251 e. The van der Waals surface area contributed by atoms with Gasteiger partial charge in [-0.2, -0.15) is 0 Å². The Labute approximate surface area is 118 Å². The van der Waals surface area contributed by atoms with Crippen LogP contribution in [0, 0.1) is 5.41 Å².